The van der Waals surface area contributed by atoms with E-state index in [1.165, 1.54) is 16.7 Å². The van der Waals surface area contributed by atoms with Gasteiger partial charge in [-0.05, 0) is 23.6 Å². The molecule has 1 saturated heterocycles. The number of nitrogens with zero attached hydrogens (tertiary/aromatic N) is 2. The second-order valence-electron chi connectivity index (χ2n) is 5.85. The molecule has 2 aromatic carbocycles. The number of para-hydroxylation sites is 1. The van der Waals surface area contributed by atoms with Gasteiger partial charge in [-0.1, -0.05) is 54.6 Å². The maximum Gasteiger partial charge on any atom is 0.136 e. The fourth-order valence-corrected chi connectivity index (χ4v) is 3.15. The first-order valence-corrected chi connectivity index (χ1v) is 8.17. The predicted octanol–water partition coefficient (Wildman–Crippen LogP) is 4.11. The molecule has 0 atom stereocenters. The summed E-state index contributed by atoms with van der Waals surface area (Å²) in [5.74, 6) is 1.07. The van der Waals surface area contributed by atoms with Crippen molar-refractivity contribution in [2.45, 2.75) is 6.42 Å². The highest BCUT2D eigenvalue weighted by Gasteiger charge is 2.22. The molecule has 0 amide bonds. The number of morpholine rings is 1. The van der Waals surface area contributed by atoms with Crippen LogP contribution in [0.25, 0.3) is 5.57 Å². The summed E-state index contributed by atoms with van der Waals surface area (Å²) >= 11 is 0. The molecule has 2 aliphatic rings. The third-order valence-electron chi connectivity index (χ3n) is 4.38. The second kappa shape index (κ2) is 7.65. The van der Waals surface area contributed by atoms with Crippen LogP contribution in [0.15, 0.2) is 65.7 Å². The van der Waals surface area contributed by atoms with Crippen LogP contribution in [0.4, 0.5) is 5.69 Å². The fourth-order valence-electron chi connectivity index (χ4n) is 3.15. The van der Waals surface area contributed by atoms with Crippen LogP contribution in [0.2, 0.25) is 0 Å². The van der Waals surface area contributed by atoms with Crippen molar-refractivity contribution in [1.29, 1.82) is 0 Å². The summed E-state index contributed by atoms with van der Waals surface area (Å²) in [7, 11) is 0. The summed E-state index contributed by atoms with van der Waals surface area (Å²) in [6.45, 7) is 3.32. The van der Waals surface area contributed by atoms with Gasteiger partial charge >= 0.3 is 0 Å². The van der Waals surface area contributed by atoms with E-state index in [9.17, 15) is 0 Å². The van der Waals surface area contributed by atoms with Gasteiger partial charge in [-0.25, -0.2) is 4.99 Å². The van der Waals surface area contributed by atoms with Gasteiger partial charge in [0.05, 0.1) is 18.9 Å². The molecule has 4 rings (SSSR count). The third kappa shape index (κ3) is 3.37. The average molecular weight is 341 g/mol. The lowest BCUT2D eigenvalue weighted by atomic mass is 10.0. The molecule has 0 unspecified atom stereocenters. The number of ether oxygens (including phenoxy) is 1. The zero-order chi connectivity index (χ0) is 15.5. The van der Waals surface area contributed by atoms with Crippen molar-refractivity contribution < 1.29 is 4.74 Å². The molecule has 4 heteroatoms. The number of hydrogen-bond acceptors (Lipinski definition) is 3. The lowest BCUT2D eigenvalue weighted by Crippen LogP contribution is -2.41. The molecule has 0 spiro atoms. The number of rotatable bonds is 1. The molecule has 24 heavy (non-hydrogen) atoms. The van der Waals surface area contributed by atoms with Crippen LogP contribution in [-0.2, 0) is 11.2 Å². The Balaban J connectivity index is 0.00000169. The number of hydrogen-bond donors (Lipinski definition) is 0. The summed E-state index contributed by atoms with van der Waals surface area (Å²) in [4.78, 5) is 7.39. The summed E-state index contributed by atoms with van der Waals surface area (Å²) in [6.07, 6.45) is 3.23. The number of aliphatic imine (C=N–C) groups is 1. The van der Waals surface area contributed by atoms with E-state index in [1.54, 1.807) is 0 Å². The first-order valence-electron chi connectivity index (χ1n) is 8.17. The first-order chi connectivity index (χ1) is 11.4. The SMILES string of the molecule is C1=C(c2ccccc2)C(N2CCOCC2)=Nc2ccccc2C1.Cl. The van der Waals surface area contributed by atoms with E-state index in [0.29, 0.717) is 0 Å². The Bertz CT molecular complexity index is 749. The highest BCUT2D eigenvalue weighted by molar-refractivity contribution is 6.23. The Morgan fingerprint density at radius 3 is 2.38 bits per heavy atom. The minimum Gasteiger partial charge on any atom is -0.378 e. The van der Waals surface area contributed by atoms with Crippen LogP contribution in [0, 0.1) is 0 Å². The van der Waals surface area contributed by atoms with Crippen molar-refractivity contribution in [3.05, 3.63) is 71.8 Å². The normalized spacial score (nSPS) is 17.1. The van der Waals surface area contributed by atoms with E-state index in [-0.39, 0.29) is 12.4 Å². The molecule has 2 heterocycles. The van der Waals surface area contributed by atoms with E-state index in [1.807, 2.05) is 0 Å². The Hall–Kier alpha value is -2.10. The van der Waals surface area contributed by atoms with Crippen molar-refractivity contribution in [2.75, 3.05) is 26.3 Å². The summed E-state index contributed by atoms with van der Waals surface area (Å²) in [5.41, 5.74) is 4.81. The van der Waals surface area contributed by atoms with Crippen molar-refractivity contribution in [2.24, 2.45) is 4.99 Å². The molecular formula is C20H21ClN2O. The third-order valence-corrected chi connectivity index (χ3v) is 4.38. The molecular weight excluding hydrogens is 320 g/mol. The van der Waals surface area contributed by atoms with Gasteiger partial charge in [-0.15, -0.1) is 12.4 Å². The largest absolute Gasteiger partial charge is 0.378 e. The molecule has 2 aromatic rings. The minimum absolute atomic E-state index is 0. The average Bonchev–Trinajstić information content (AvgIpc) is 2.83. The Kier molecular flexibility index (Phi) is 5.34. The second-order valence-corrected chi connectivity index (χ2v) is 5.85. The van der Waals surface area contributed by atoms with E-state index in [2.05, 4.69) is 65.6 Å². The Morgan fingerprint density at radius 2 is 1.58 bits per heavy atom. The number of fused-ring (bicyclic) bond motifs is 1. The number of amidine groups is 1. The van der Waals surface area contributed by atoms with E-state index < -0.39 is 0 Å². The summed E-state index contributed by atoms with van der Waals surface area (Å²) in [6, 6.07) is 19.0. The van der Waals surface area contributed by atoms with E-state index in [0.717, 1.165) is 44.2 Å². The summed E-state index contributed by atoms with van der Waals surface area (Å²) in [5, 5.41) is 0. The van der Waals surface area contributed by atoms with Gasteiger partial charge < -0.3 is 9.64 Å². The standard InChI is InChI=1S/C20H20N2O.ClH/c1-2-6-16(7-3-1)18-11-10-17-8-4-5-9-19(17)21-20(18)22-12-14-23-15-13-22;/h1-9,11H,10,12-15H2;1H. The molecule has 0 saturated carbocycles. The van der Waals surface area contributed by atoms with Gasteiger partial charge in [0.15, 0.2) is 0 Å². The molecule has 0 N–H and O–H groups in total. The highest BCUT2D eigenvalue weighted by atomic mass is 35.5. The Labute approximate surface area is 149 Å². The zero-order valence-corrected chi connectivity index (χ0v) is 14.3. The van der Waals surface area contributed by atoms with Crippen molar-refractivity contribution in [3.63, 3.8) is 0 Å². The van der Waals surface area contributed by atoms with E-state index in [4.69, 9.17) is 9.73 Å². The van der Waals surface area contributed by atoms with Crippen LogP contribution < -0.4 is 0 Å². The number of halogens is 1. The van der Waals surface area contributed by atoms with Gasteiger partial charge in [0, 0.05) is 18.7 Å². The van der Waals surface area contributed by atoms with Crippen molar-refractivity contribution in [3.8, 4) is 0 Å². The smallest absolute Gasteiger partial charge is 0.136 e. The number of allylic oxidation sites excluding steroid dienone is 1. The first kappa shape index (κ1) is 16.7. The zero-order valence-electron chi connectivity index (χ0n) is 13.5. The van der Waals surface area contributed by atoms with Gasteiger partial charge in [-0.3, -0.25) is 0 Å². The van der Waals surface area contributed by atoms with E-state index >= 15 is 0 Å². The molecule has 3 nitrogen and oxygen atoms in total. The van der Waals surface area contributed by atoms with Crippen LogP contribution in [-0.4, -0.2) is 37.0 Å². The van der Waals surface area contributed by atoms with Crippen LogP contribution in [0.5, 0.6) is 0 Å². The predicted molar refractivity (Wildman–Crippen MR) is 101 cm³/mol. The molecule has 0 aliphatic carbocycles. The topological polar surface area (TPSA) is 24.8 Å². The lowest BCUT2D eigenvalue weighted by molar-refractivity contribution is 0.0687. The quantitative estimate of drug-likeness (QED) is 0.780. The van der Waals surface area contributed by atoms with Crippen LogP contribution in [0.1, 0.15) is 11.1 Å². The van der Waals surface area contributed by atoms with Gasteiger partial charge in [0.25, 0.3) is 0 Å². The molecule has 2 aliphatic heterocycles. The summed E-state index contributed by atoms with van der Waals surface area (Å²) < 4.78 is 5.52. The molecule has 0 radical (unpaired) electrons. The minimum atomic E-state index is 0. The van der Waals surface area contributed by atoms with Gasteiger partial charge in [0.1, 0.15) is 5.84 Å². The van der Waals surface area contributed by atoms with Gasteiger partial charge in [-0.2, -0.15) is 0 Å². The fraction of sp³-hybridized carbons (Fsp3) is 0.250. The highest BCUT2D eigenvalue weighted by Crippen LogP contribution is 2.29. The lowest BCUT2D eigenvalue weighted by Gasteiger charge is -2.31. The van der Waals surface area contributed by atoms with Crippen molar-refractivity contribution >= 4 is 29.5 Å². The molecule has 1 fully saturated rings. The van der Waals surface area contributed by atoms with Crippen LogP contribution in [0.3, 0.4) is 0 Å². The monoisotopic (exact) mass is 340 g/mol. The van der Waals surface area contributed by atoms with Crippen LogP contribution >= 0.6 is 12.4 Å². The maximum atomic E-state index is 5.52. The maximum absolute atomic E-state index is 5.52. The molecule has 124 valence electrons. The number of benzene rings is 2. The Morgan fingerprint density at radius 1 is 0.875 bits per heavy atom. The van der Waals surface area contributed by atoms with Crippen molar-refractivity contribution in [1.82, 2.24) is 4.90 Å². The molecule has 0 bridgehead atoms. The van der Waals surface area contributed by atoms with Gasteiger partial charge in [0.2, 0.25) is 0 Å². The molecule has 0 aromatic heterocycles.